The Labute approximate surface area is 100 Å². The molecule has 0 saturated heterocycles. The summed E-state index contributed by atoms with van der Waals surface area (Å²) in [7, 11) is 1.89. The van der Waals surface area contributed by atoms with Gasteiger partial charge >= 0.3 is 0 Å². The third-order valence-corrected chi connectivity index (χ3v) is 2.78. The van der Waals surface area contributed by atoms with Gasteiger partial charge in [0.05, 0.1) is 18.0 Å². The van der Waals surface area contributed by atoms with Crippen molar-refractivity contribution in [3.05, 3.63) is 41.5 Å². The maximum absolute atomic E-state index is 10.1. The van der Waals surface area contributed by atoms with Gasteiger partial charge in [-0.05, 0) is 18.6 Å². The van der Waals surface area contributed by atoms with Crippen molar-refractivity contribution in [1.82, 2.24) is 20.0 Å². The molecule has 0 saturated carbocycles. The molecule has 0 spiro atoms. The minimum absolute atomic E-state index is 0.537. The predicted molar refractivity (Wildman–Crippen MR) is 63.3 cm³/mol. The highest BCUT2D eigenvalue weighted by Gasteiger charge is 2.12. The van der Waals surface area contributed by atoms with Gasteiger partial charge in [0.2, 0.25) is 0 Å². The molecule has 2 rings (SSSR count). The van der Waals surface area contributed by atoms with Crippen molar-refractivity contribution >= 4 is 0 Å². The minimum atomic E-state index is -0.564. The van der Waals surface area contributed by atoms with Crippen molar-refractivity contribution in [1.29, 1.82) is 0 Å². The van der Waals surface area contributed by atoms with Gasteiger partial charge in [-0.25, -0.2) is 0 Å². The number of aromatic nitrogens is 4. The average molecular weight is 232 g/mol. The van der Waals surface area contributed by atoms with Crippen LogP contribution in [0.15, 0.2) is 24.5 Å². The summed E-state index contributed by atoms with van der Waals surface area (Å²) < 4.78 is 1.82. The third-order valence-electron chi connectivity index (χ3n) is 2.78. The van der Waals surface area contributed by atoms with E-state index in [0.29, 0.717) is 6.42 Å². The van der Waals surface area contributed by atoms with E-state index >= 15 is 0 Å². The fourth-order valence-electron chi connectivity index (χ4n) is 1.75. The van der Waals surface area contributed by atoms with E-state index < -0.39 is 6.10 Å². The second-order valence-electron chi connectivity index (χ2n) is 4.00. The van der Waals surface area contributed by atoms with Crippen LogP contribution in [-0.4, -0.2) is 25.1 Å². The zero-order chi connectivity index (χ0) is 12.3. The van der Waals surface area contributed by atoms with Crippen LogP contribution < -0.4 is 0 Å². The van der Waals surface area contributed by atoms with Gasteiger partial charge in [0, 0.05) is 30.9 Å². The summed E-state index contributed by atoms with van der Waals surface area (Å²) in [5.74, 6) is 0. The second-order valence-corrected chi connectivity index (χ2v) is 4.00. The zero-order valence-electron chi connectivity index (χ0n) is 10.0. The van der Waals surface area contributed by atoms with Crippen LogP contribution in [0.5, 0.6) is 0 Å². The largest absolute Gasteiger partial charge is 0.388 e. The van der Waals surface area contributed by atoms with Gasteiger partial charge in [0.1, 0.15) is 0 Å². The van der Waals surface area contributed by atoms with E-state index in [0.717, 1.165) is 23.4 Å². The maximum atomic E-state index is 10.1. The molecule has 0 aliphatic heterocycles. The summed E-state index contributed by atoms with van der Waals surface area (Å²) in [5.41, 5.74) is 2.84. The zero-order valence-corrected chi connectivity index (χ0v) is 10.0. The Kier molecular flexibility index (Phi) is 3.49. The van der Waals surface area contributed by atoms with Gasteiger partial charge in [-0.1, -0.05) is 6.92 Å². The molecule has 1 atom stereocenters. The number of aliphatic hydroxyl groups excluding tert-OH is 1. The van der Waals surface area contributed by atoms with Crippen LogP contribution >= 0.6 is 0 Å². The molecule has 2 aromatic heterocycles. The molecule has 1 unspecified atom stereocenters. The average Bonchev–Trinajstić information content (AvgIpc) is 2.71. The fraction of sp³-hybridized carbons (Fsp3) is 0.417. The highest BCUT2D eigenvalue weighted by molar-refractivity contribution is 5.16. The lowest BCUT2D eigenvalue weighted by Gasteiger charge is -2.09. The van der Waals surface area contributed by atoms with Crippen LogP contribution in [-0.2, 0) is 19.9 Å². The van der Waals surface area contributed by atoms with Gasteiger partial charge in [0.15, 0.2) is 0 Å². The van der Waals surface area contributed by atoms with E-state index in [2.05, 4.69) is 22.2 Å². The lowest BCUT2D eigenvalue weighted by molar-refractivity contribution is 0.175. The first-order valence-electron chi connectivity index (χ1n) is 5.67. The van der Waals surface area contributed by atoms with Crippen LogP contribution in [0.2, 0.25) is 0 Å². The number of rotatable bonds is 4. The summed E-state index contributed by atoms with van der Waals surface area (Å²) in [6.45, 7) is 2.06. The molecule has 90 valence electrons. The molecular formula is C12H16N4O. The normalized spacial score (nSPS) is 12.6. The van der Waals surface area contributed by atoms with E-state index in [1.54, 1.807) is 18.5 Å². The predicted octanol–water partition coefficient (Wildman–Crippen LogP) is 1.05. The summed E-state index contributed by atoms with van der Waals surface area (Å²) in [6.07, 6.45) is 4.04. The van der Waals surface area contributed by atoms with Crippen LogP contribution in [0.25, 0.3) is 0 Å². The molecule has 17 heavy (non-hydrogen) atoms. The number of nitrogens with zero attached hydrogens (tertiary/aromatic N) is 4. The van der Waals surface area contributed by atoms with Gasteiger partial charge in [0.25, 0.3) is 0 Å². The SMILES string of the molecule is CCc1cc(CC(O)c2ccnnc2)n(C)n1. The number of hydrogen-bond donors (Lipinski definition) is 1. The minimum Gasteiger partial charge on any atom is -0.388 e. The molecule has 5 heteroatoms. The molecular weight excluding hydrogens is 216 g/mol. The fourth-order valence-corrected chi connectivity index (χ4v) is 1.75. The van der Waals surface area contributed by atoms with Crippen molar-refractivity contribution in [2.24, 2.45) is 7.05 Å². The summed E-state index contributed by atoms with van der Waals surface area (Å²) in [5, 5.41) is 21.9. The molecule has 2 aromatic rings. The quantitative estimate of drug-likeness (QED) is 0.855. The molecule has 0 radical (unpaired) electrons. The van der Waals surface area contributed by atoms with Crippen LogP contribution in [0.3, 0.4) is 0 Å². The smallest absolute Gasteiger partial charge is 0.0861 e. The summed E-state index contributed by atoms with van der Waals surface area (Å²) in [6, 6.07) is 3.80. The highest BCUT2D eigenvalue weighted by Crippen LogP contribution is 2.17. The number of aliphatic hydroxyl groups is 1. The number of hydrogen-bond acceptors (Lipinski definition) is 4. The Morgan fingerprint density at radius 1 is 1.41 bits per heavy atom. The lowest BCUT2D eigenvalue weighted by atomic mass is 10.1. The summed E-state index contributed by atoms with van der Waals surface area (Å²) in [4.78, 5) is 0. The Balaban J connectivity index is 2.13. The van der Waals surface area contributed by atoms with Crippen LogP contribution in [0.1, 0.15) is 30.0 Å². The monoisotopic (exact) mass is 232 g/mol. The van der Waals surface area contributed by atoms with Gasteiger partial charge in [-0.3, -0.25) is 4.68 Å². The Hall–Kier alpha value is -1.75. The second kappa shape index (κ2) is 5.05. The van der Waals surface area contributed by atoms with Crippen LogP contribution in [0, 0.1) is 0 Å². The third kappa shape index (κ3) is 2.68. The topological polar surface area (TPSA) is 63.8 Å². The molecule has 0 bridgehead atoms. The van der Waals surface area contributed by atoms with E-state index in [-0.39, 0.29) is 0 Å². The Morgan fingerprint density at radius 3 is 2.82 bits per heavy atom. The highest BCUT2D eigenvalue weighted by atomic mass is 16.3. The van der Waals surface area contributed by atoms with Crippen molar-refractivity contribution in [3.8, 4) is 0 Å². The van der Waals surface area contributed by atoms with Crippen molar-refractivity contribution in [2.45, 2.75) is 25.9 Å². The van der Waals surface area contributed by atoms with Crippen molar-refractivity contribution in [3.63, 3.8) is 0 Å². The standard InChI is InChI=1S/C12H16N4O/c1-3-10-6-11(16(2)15-10)7-12(17)9-4-5-13-14-8-9/h4-6,8,12,17H,3,7H2,1-2H3. The van der Waals surface area contributed by atoms with E-state index in [9.17, 15) is 5.11 Å². The van der Waals surface area contributed by atoms with E-state index in [4.69, 9.17) is 0 Å². The van der Waals surface area contributed by atoms with Gasteiger partial charge < -0.3 is 5.11 Å². The first kappa shape index (κ1) is 11.7. The Bertz CT molecular complexity index is 481. The molecule has 2 heterocycles. The van der Waals surface area contributed by atoms with E-state index in [1.165, 1.54) is 0 Å². The molecule has 0 fully saturated rings. The van der Waals surface area contributed by atoms with Crippen molar-refractivity contribution < 1.29 is 5.11 Å². The van der Waals surface area contributed by atoms with Gasteiger partial charge in [-0.15, -0.1) is 0 Å². The van der Waals surface area contributed by atoms with Crippen molar-refractivity contribution in [2.75, 3.05) is 0 Å². The molecule has 0 aromatic carbocycles. The summed E-state index contributed by atoms with van der Waals surface area (Å²) >= 11 is 0. The van der Waals surface area contributed by atoms with E-state index in [1.807, 2.05) is 17.8 Å². The molecule has 0 amide bonds. The molecule has 0 aliphatic carbocycles. The first-order valence-corrected chi connectivity index (χ1v) is 5.67. The molecule has 1 N–H and O–H groups in total. The molecule has 5 nitrogen and oxygen atoms in total. The maximum Gasteiger partial charge on any atom is 0.0861 e. The van der Waals surface area contributed by atoms with Crippen LogP contribution in [0.4, 0.5) is 0 Å². The number of aryl methyl sites for hydroxylation is 2. The van der Waals surface area contributed by atoms with Gasteiger partial charge in [-0.2, -0.15) is 15.3 Å². The first-order chi connectivity index (χ1) is 8.20. The Morgan fingerprint density at radius 2 is 2.24 bits per heavy atom. The lowest BCUT2D eigenvalue weighted by Crippen LogP contribution is -2.06. The molecule has 0 aliphatic rings.